The molecule has 1 saturated carbocycles. The number of hydrogen-bond acceptors (Lipinski definition) is 38. The Kier molecular flexibility index (Phi) is 35.1. The van der Waals surface area contributed by atoms with Crippen LogP contribution in [0.25, 0.3) is 0 Å². The van der Waals surface area contributed by atoms with Crippen LogP contribution in [0.1, 0.15) is 111 Å². The van der Waals surface area contributed by atoms with Gasteiger partial charge in [0.25, 0.3) is 23.6 Å². The molecule has 3 rings (SSSR count). The van der Waals surface area contributed by atoms with Gasteiger partial charge in [-0.25, -0.2) is 24.3 Å². The molecular formula is C41H58N2O38. The maximum Gasteiger partial charge on any atom is 0.333 e. The molecule has 0 N–H and O–H groups in total. The van der Waals surface area contributed by atoms with Gasteiger partial charge in [0, 0.05) is 94.2 Å². The molecule has 0 aromatic rings. The Hall–Kier alpha value is -5.40. The highest BCUT2D eigenvalue weighted by Crippen LogP contribution is 2.34. The monoisotopic (exact) mass is 1190 g/mol. The number of carbonyl (C=O) groups excluding carboxylic acids is 10. The molecule has 0 radical (unpaired) electrons. The number of ketones is 4. The first kappa shape index (κ1) is 69.9. The Balaban J connectivity index is 1.62. The largest absolute Gasteiger partial charge is 0.465 e. The number of amides is 4. The summed E-state index contributed by atoms with van der Waals surface area (Å²) in [7, 11) is 2.09. The number of rotatable bonds is 50. The average Bonchev–Trinajstić information content (AvgIpc) is 3.96. The van der Waals surface area contributed by atoms with Gasteiger partial charge in [-0.3, -0.25) is 48.1 Å². The van der Waals surface area contributed by atoms with E-state index >= 15 is 0 Å². The molecule has 2 aliphatic heterocycles. The number of nitrogens with zero attached hydrogens (tertiary/aromatic N) is 2. The number of Topliss-reactive ketones (excluding diaryl/α,β-unsaturated/α-hetero) is 4. The van der Waals surface area contributed by atoms with Crippen molar-refractivity contribution >= 4 is 58.7 Å². The number of imide groups is 2. The minimum Gasteiger partial charge on any atom is -0.465 e. The van der Waals surface area contributed by atoms with Gasteiger partial charge in [-0.2, -0.15) is 0 Å². The molecule has 2 heterocycles. The molecule has 1 saturated heterocycles. The van der Waals surface area contributed by atoms with E-state index in [1.807, 2.05) is 0 Å². The number of ether oxygens (including phenoxy) is 1. The number of hydroxylamine groups is 2. The van der Waals surface area contributed by atoms with Gasteiger partial charge >= 0.3 is 11.9 Å². The highest BCUT2D eigenvalue weighted by molar-refractivity contribution is 6.12. The maximum atomic E-state index is 13.7. The third-order valence-electron chi connectivity index (χ3n) is 11.6. The van der Waals surface area contributed by atoms with Crippen LogP contribution in [0.2, 0.25) is 0 Å². The van der Waals surface area contributed by atoms with Crippen LogP contribution >= 0.6 is 0 Å². The van der Waals surface area contributed by atoms with Crippen LogP contribution in [0.5, 0.6) is 0 Å². The van der Waals surface area contributed by atoms with E-state index in [2.05, 4.69) is 121 Å². The molecule has 0 aromatic heterocycles. The van der Waals surface area contributed by atoms with Crippen LogP contribution in [-0.4, -0.2) is 109 Å². The maximum absolute atomic E-state index is 13.7. The van der Waals surface area contributed by atoms with Crippen LogP contribution in [0, 0.1) is 35.0 Å². The molecule has 4 amide bonds. The van der Waals surface area contributed by atoms with E-state index in [4.69, 9.17) is 19.3 Å². The van der Waals surface area contributed by atoms with Gasteiger partial charge in [0.05, 0.1) is 32.8 Å². The van der Waals surface area contributed by atoms with Crippen LogP contribution in [0.3, 0.4) is 0 Å². The second kappa shape index (κ2) is 40.7. The molecule has 81 heavy (non-hydrogen) atoms. The normalized spacial score (nSPS) is 17.4. The van der Waals surface area contributed by atoms with E-state index in [1.54, 1.807) is 13.8 Å². The lowest BCUT2D eigenvalue weighted by Crippen LogP contribution is -2.40. The fourth-order valence-corrected chi connectivity index (χ4v) is 7.59. The molecule has 2 fully saturated rings. The van der Waals surface area contributed by atoms with Gasteiger partial charge in [-0.05, 0) is 155 Å². The fraction of sp³-hybridized carbons (Fsp3) is 0.707. The second-order valence-electron chi connectivity index (χ2n) is 17.5. The van der Waals surface area contributed by atoms with Crippen molar-refractivity contribution < 1.29 is 188 Å². The van der Waals surface area contributed by atoms with Crippen molar-refractivity contribution in [3.05, 3.63) is 12.2 Å². The Morgan fingerprint density at radius 3 is 1.47 bits per heavy atom. The van der Waals surface area contributed by atoms with Crippen molar-refractivity contribution in [1.29, 1.82) is 0 Å². The molecule has 40 nitrogen and oxygen atoms in total. The van der Waals surface area contributed by atoms with E-state index < -0.39 is 104 Å². The Morgan fingerprint density at radius 1 is 0.543 bits per heavy atom. The molecule has 0 spiro atoms. The lowest BCUT2D eigenvalue weighted by molar-refractivity contribution is -0.870. The summed E-state index contributed by atoms with van der Waals surface area (Å²) in [5.74, 6) is -8.10. The van der Waals surface area contributed by atoms with Gasteiger partial charge in [-0.1, -0.05) is 20.8 Å². The zero-order valence-electron chi connectivity index (χ0n) is 43.7. The third-order valence-corrected chi connectivity index (χ3v) is 11.6. The number of carbonyl (C=O) groups is 10. The van der Waals surface area contributed by atoms with Gasteiger partial charge in [0.15, 0.2) is 0 Å². The molecule has 0 aromatic carbocycles. The van der Waals surface area contributed by atoms with Gasteiger partial charge < -0.3 is 9.57 Å². The predicted molar refractivity (Wildman–Crippen MR) is 226 cm³/mol. The van der Waals surface area contributed by atoms with Crippen LogP contribution in [0.4, 0.5) is 0 Å². The standard InChI is InChI=1S/C41H58N2O38/c1-26(2)31(20-33(46)29-11-9-28(10-12-29)22-42-35(48)15-16-36(42)49)34(47)19-27(3)32(45)14-13-30(44)21-41(24-57-62-66-70-74-78-80-76-72-68-64-60-54-4,25-58-63-67-71-75-79-81-77-73-69-65-61-55-5)23-56-39(52)7-6-8-40(53)59-43-37(50)17-18-38(43)51/h15-16,26-29,31H,6-14,17-25H2,1-5H3. The lowest BCUT2D eigenvalue weighted by atomic mass is 9.75. The van der Waals surface area contributed by atoms with Crippen LogP contribution in [-0.2, 0) is 188 Å². The van der Waals surface area contributed by atoms with E-state index in [0.717, 1.165) is 14.2 Å². The van der Waals surface area contributed by atoms with Gasteiger partial charge in [-0.15, -0.1) is 5.06 Å². The Bertz CT molecular complexity index is 1930. The minimum absolute atomic E-state index is 0.0390. The topological polar surface area (TPSA) is 436 Å². The van der Waals surface area contributed by atoms with Crippen LogP contribution < -0.4 is 0 Å². The molecule has 2 atom stereocenters. The second-order valence-corrected chi connectivity index (χ2v) is 17.5. The smallest absolute Gasteiger partial charge is 0.333 e. The summed E-state index contributed by atoms with van der Waals surface area (Å²) in [5, 5.41) is 85.2. The summed E-state index contributed by atoms with van der Waals surface area (Å²) in [6.45, 7) is 2.66. The molecule has 460 valence electrons. The summed E-state index contributed by atoms with van der Waals surface area (Å²) in [6.07, 6.45) is 1.26. The summed E-state index contributed by atoms with van der Waals surface area (Å²) < 4.78 is 5.36. The molecule has 3 aliphatic rings. The molecule has 2 unspecified atom stereocenters. The van der Waals surface area contributed by atoms with Crippen molar-refractivity contribution in [1.82, 2.24) is 9.96 Å². The first-order valence-electron chi connectivity index (χ1n) is 23.8. The summed E-state index contributed by atoms with van der Waals surface area (Å²) >= 11 is 0. The zero-order valence-corrected chi connectivity index (χ0v) is 43.7. The minimum atomic E-state index is -1.96. The number of esters is 1. The lowest BCUT2D eigenvalue weighted by Gasteiger charge is -2.31. The predicted octanol–water partition coefficient (Wildman–Crippen LogP) is 1.81. The fourth-order valence-electron chi connectivity index (χ4n) is 7.59. The van der Waals surface area contributed by atoms with E-state index in [0.29, 0.717) is 30.7 Å². The van der Waals surface area contributed by atoms with Crippen molar-refractivity contribution in [3.63, 3.8) is 0 Å². The zero-order chi connectivity index (χ0) is 59.3. The van der Waals surface area contributed by atoms with E-state index in [9.17, 15) is 47.9 Å². The van der Waals surface area contributed by atoms with Crippen LogP contribution in [0.15, 0.2) is 12.2 Å². The summed E-state index contributed by atoms with van der Waals surface area (Å²) in [6, 6.07) is 0. The highest BCUT2D eigenvalue weighted by Gasteiger charge is 2.39. The first-order valence-corrected chi connectivity index (χ1v) is 23.8. The molecule has 0 bridgehead atoms. The summed E-state index contributed by atoms with van der Waals surface area (Å²) in [4.78, 5) is 151. The van der Waals surface area contributed by atoms with Crippen molar-refractivity contribution in [2.75, 3.05) is 40.6 Å². The summed E-state index contributed by atoms with van der Waals surface area (Å²) in [5.41, 5.74) is -1.96. The highest BCUT2D eigenvalue weighted by atomic mass is 18.0. The molecule has 40 heteroatoms. The Labute approximate surface area is 454 Å². The van der Waals surface area contributed by atoms with Crippen molar-refractivity contribution in [2.45, 2.75) is 111 Å². The van der Waals surface area contributed by atoms with Gasteiger partial charge in [0.2, 0.25) is 0 Å². The molecular weight excluding hydrogens is 1130 g/mol. The Morgan fingerprint density at radius 2 is 1.00 bits per heavy atom. The molecule has 1 aliphatic carbocycles. The number of hydrogen-bond donors (Lipinski definition) is 0. The quantitative estimate of drug-likeness (QED) is 0.0275. The average molecular weight is 1190 g/mol. The SMILES string of the molecule is COOOOOOOOOOOOOCC(COOOOOOOOOOOOOC)(COC(=O)CCCC(=O)ON1C(=O)CCC1=O)CC(=O)CCC(=O)C(C)CC(=O)C(CC(=O)C1CCC(CN2C(=O)C=CC2=O)CC1)C(C)C. The van der Waals surface area contributed by atoms with E-state index in [1.165, 1.54) is 24.0 Å². The van der Waals surface area contributed by atoms with Crippen molar-refractivity contribution in [3.8, 4) is 0 Å². The van der Waals surface area contributed by atoms with Crippen molar-refractivity contribution in [2.24, 2.45) is 35.0 Å². The van der Waals surface area contributed by atoms with Gasteiger partial charge in [0.1, 0.15) is 29.7 Å². The third kappa shape index (κ3) is 28.9. The van der Waals surface area contributed by atoms with E-state index in [-0.39, 0.29) is 79.8 Å². The first-order chi connectivity index (χ1) is 39.0.